The van der Waals surface area contributed by atoms with Gasteiger partial charge in [-0.1, -0.05) is 12.8 Å². The first-order valence-electron chi connectivity index (χ1n) is 9.05. The van der Waals surface area contributed by atoms with E-state index in [2.05, 4.69) is 5.32 Å². The van der Waals surface area contributed by atoms with Crippen LogP contribution in [0.2, 0.25) is 0 Å². The maximum absolute atomic E-state index is 13.1. The number of likely N-dealkylation sites (tertiary alicyclic amines) is 1. The molecule has 1 saturated carbocycles. The lowest BCUT2D eigenvalue weighted by atomic mass is 9.84. The van der Waals surface area contributed by atoms with E-state index >= 15 is 0 Å². The second-order valence-electron chi connectivity index (χ2n) is 6.97. The van der Waals surface area contributed by atoms with Gasteiger partial charge in [0.1, 0.15) is 5.76 Å². The van der Waals surface area contributed by atoms with Crippen molar-refractivity contribution in [2.75, 3.05) is 6.54 Å². The van der Waals surface area contributed by atoms with Crippen LogP contribution in [0.25, 0.3) is 0 Å². The van der Waals surface area contributed by atoms with Crippen LogP contribution in [0.1, 0.15) is 63.2 Å². The molecule has 1 aromatic heterocycles. The van der Waals surface area contributed by atoms with E-state index in [9.17, 15) is 9.59 Å². The molecule has 1 unspecified atom stereocenters. The average Bonchev–Trinajstić information content (AvgIpc) is 2.99. The third kappa shape index (κ3) is 3.91. The van der Waals surface area contributed by atoms with Gasteiger partial charge in [-0.15, -0.1) is 0 Å². The van der Waals surface area contributed by atoms with Crippen molar-refractivity contribution in [2.45, 2.75) is 63.5 Å². The van der Waals surface area contributed by atoms with Crippen LogP contribution in [0.3, 0.4) is 0 Å². The topological polar surface area (TPSA) is 88.6 Å². The molecule has 3 N–H and O–H groups in total. The third-order valence-electron chi connectivity index (χ3n) is 5.33. The van der Waals surface area contributed by atoms with Crippen LogP contribution in [0.4, 0.5) is 4.79 Å². The molecule has 0 aromatic carbocycles. The number of urea groups is 1. The van der Waals surface area contributed by atoms with Crippen LogP contribution in [0, 0.1) is 5.92 Å². The molecule has 1 atom stereocenters. The summed E-state index contributed by atoms with van der Waals surface area (Å²) in [4.78, 5) is 26.1. The number of hydrogen-bond acceptors (Lipinski definition) is 3. The number of carbonyl (C=O) groups excluding carboxylic acids is 2. The standard InChI is InChI=1S/C18H27N3O3/c19-18(23)20-14-9-7-13(8-10-14)17(22)21-11-3-1-2-5-15(21)16-6-4-12-24-16/h4,6,12-15H,1-3,5,7-11H2,(H3,19,20,23). The molecule has 132 valence electrons. The van der Waals surface area contributed by atoms with Crippen molar-refractivity contribution in [1.82, 2.24) is 10.2 Å². The number of carbonyl (C=O) groups is 2. The van der Waals surface area contributed by atoms with E-state index in [4.69, 9.17) is 10.2 Å². The van der Waals surface area contributed by atoms with Gasteiger partial charge < -0.3 is 20.4 Å². The number of nitrogens with zero attached hydrogens (tertiary/aromatic N) is 1. The summed E-state index contributed by atoms with van der Waals surface area (Å²) < 4.78 is 5.60. The molecule has 1 aromatic rings. The summed E-state index contributed by atoms with van der Waals surface area (Å²) >= 11 is 0. The molecule has 2 heterocycles. The van der Waals surface area contributed by atoms with Crippen molar-refractivity contribution in [3.8, 4) is 0 Å². The number of nitrogens with two attached hydrogens (primary N) is 1. The van der Waals surface area contributed by atoms with Gasteiger partial charge in [0.05, 0.1) is 12.3 Å². The highest BCUT2D eigenvalue weighted by atomic mass is 16.3. The minimum atomic E-state index is -0.477. The number of hydrogen-bond donors (Lipinski definition) is 2. The Hall–Kier alpha value is -1.98. The van der Waals surface area contributed by atoms with E-state index in [1.54, 1.807) is 6.26 Å². The lowest BCUT2D eigenvalue weighted by Gasteiger charge is -2.35. The van der Waals surface area contributed by atoms with Crippen LogP contribution in [0.15, 0.2) is 22.8 Å². The number of rotatable bonds is 3. The van der Waals surface area contributed by atoms with E-state index in [0.717, 1.165) is 63.7 Å². The summed E-state index contributed by atoms with van der Waals surface area (Å²) in [6.45, 7) is 0.809. The fraction of sp³-hybridized carbons (Fsp3) is 0.667. The first-order chi connectivity index (χ1) is 11.6. The second-order valence-corrected chi connectivity index (χ2v) is 6.97. The zero-order valence-corrected chi connectivity index (χ0v) is 14.1. The smallest absolute Gasteiger partial charge is 0.312 e. The summed E-state index contributed by atoms with van der Waals surface area (Å²) in [6, 6.07) is 3.57. The van der Waals surface area contributed by atoms with Gasteiger partial charge in [0.25, 0.3) is 0 Å². The molecule has 24 heavy (non-hydrogen) atoms. The molecule has 0 bridgehead atoms. The van der Waals surface area contributed by atoms with Crippen molar-refractivity contribution in [3.63, 3.8) is 0 Å². The highest BCUT2D eigenvalue weighted by Gasteiger charge is 2.34. The van der Waals surface area contributed by atoms with Crippen LogP contribution < -0.4 is 11.1 Å². The molecule has 6 nitrogen and oxygen atoms in total. The molecule has 6 heteroatoms. The predicted molar refractivity (Wildman–Crippen MR) is 90.1 cm³/mol. The Morgan fingerprint density at radius 2 is 1.92 bits per heavy atom. The van der Waals surface area contributed by atoms with E-state index < -0.39 is 6.03 Å². The van der Waals surface area contributed by atoms with Crippen LogP contribution >= 0.6 is 0 Å². The van der Waals surface area contributed by atoms with Crippen molar-refractivity contribution in [2.24, 2.45) is 11.7 Å². The van der Waals surface area contributed by atoms with E-state index in [1.807, 2.05) is 17.0 Å². The second kappa shape index (κ2) is 7.73. The van der Waals surface area contributed by atoms with Gasteiger partial charge in [0.2, 0.25) is 5.91 Å². The van der Waals surface area contributed by atoms with Gasteiger partial charge in [0.15, 0.2) is 0 Å². The van der Waals surface area contributed by atoms with Crippen LogP contribution in [-0.4, -0.2) is 29.4 Å². The van der Waals surface area contributed by atoms with Gasteiger partial charge in [-0.05, 0) is 50.7 Å². The van der Waals surface area contributed by atoms with E-state index in [0.29, 0.717) is 0 Å². The summed E-state index contributed by atoms with van der Waals surface area (Å²) in [5.74, 6) is 1.19. The molecule has 1 saturated heterocycles. The quantitative estimate of drug-likeness (QED) is 0.891. The van der Waals surface area contributed by atoms with Crippen LogP contribution in [-0.2, 0) is 4.79 Å². The Balaban J connectivity index is 1.65. The zero-order chi connectivity index (χ0) is 16.9. The Morgan fingerprint density at radius 3 is 2.58 bits per heavy atom. The Kier molecular flexibility index (Phi) is 5.43. The summed E-state index contributed by atoms with van der Waals surface area (Å²) in [7, 11) is 0. The zero-order valence-electron chi connectivity index (χ0n) is 14.1. The maximum atomic E-state index is 13.1. The van der Waals surface area contributed by atoms with Crippen molar-refractivity contribution < 1.29 is 14.0 Å². The molecule has 3 amide bonds. The highest BCUT2D eigenvalue weighted by molar-refractivity contribution is 5.79. The number of nitrogens with one attached hydrogen (secondary N) is 1. The normalized spacial score (nSPS) is 28.2. The van der Waals surface area contributed by atoms with Crippen molar-refractivity contribution in [3.05, 3.63) is 24.2 Å². The van der Waals surface area contributed by atoms with Crippen LogP contribution in [0.5, 0.6) is 0 Å². The number of amides is 3. The minimum Gasteiger partial charge on any atom is -0.467 e. The summed E-state index contributed by atoms with van der Waals surface area (Å²) in [6.07, 6.45) is 9.26. The molecule has 0 radical (unpaired) electrons. The van der Waals surface area contributed by atoms with Crippen molar-refractivity contribution >= 4 is 11.9 Å². The first kappa shape index (κ1) is 16.9. The number of furan rings is 1. The molecule has 1 aliphatic heterocycles. The predicted octanol–water partition coefficient (Wildman–Crippen LogP) is 2.95. The van der Waals surface area contributed by atoms with Crippen molar-refractivity contribution in [1.29, 1.82) is 0 Å². The molecular formula is C18H27N3O3. The van der Waals surface area contributed by atoms with Gasteiger partial charge in [0, 0.05) is 18.5 Å². The lowest BCUT2D eigenvalue weighted by molar-refractivity contribution is -0.139. The fourth-order valence-corrected chi connectivity index (χ4v) is 4.07. The maximum Gasteiger partial charge on any atom is 0.312 e. The molecule has 1 aliphatic carbocycles. The van der Waals surface area contributed by atoms with Gasteiger partial charge in [-0.2, -0.15) is 0 Å². The Bertz CT molecular complexity index is 550. The molecular weight excluding hydrogens is 306 g/mol. The van der Waals surface area contributed by atoms with Gasteiger partial charge in [-0.25, -0.2) is 4.79 Å². The Morgan fingerprint density at radius 1 is 1.12 bits per heavy atom. The fourth-order valence-electron chi connectivity index (χ4n) is 4.07. The molecule has 2 aliphatic rings. The summed E-state index contributed by atoms with van der Waals surface area (Å²) in [5.41, 5.74) is 5.19. The van der Waals surface area contributed by atoms with Gasteiger partial charge in [-0.3, -0.25) is 4.79 Å². The molecule has 3 rings (SSSR count). The monoisotopic (exact) mass is 333 g/mol. The average molecular weight is 333 g/mol. The third-order valence-corrected chi connectivity index (χ3v) is 5.33. The van der Waals surface area contributed by atoms with E-state index in [1.165, 1.54) is 0 Å². The summed E-state index contributed by atoms with van der Waals surface area (Å²) in [5, 5.41) is 2.76. The lowest BCUT2D eigenvalue weighted by Crippen LogP contribution is -2.44. The van der Waals surface area contributed by atoms with Gasteiger partial charge >= 0.3 is 6.03 Å². The number of primary amides is 1. The largest absolute Gasteiger partial charge is 0.467 e. The molecule has 0 spiro atoms. The first-order valence-corrected chi connectivity index (χ1v) is 9.05. The highest BCUT2D eigenvalue weighted by Crippen LogP contribution is 2.34. The Labute approximate surface area is 142 Å². The van der Waals surface area contributed by atoms with E-state index in [-0.39, 0.29) is 23.9 Å². The minimum absolute atomic E-state index is 0.0477. The SMILES string of the molecule is NC(=O)NC1CCC(C(=O)N2CCCCCC2c2ccco2)CC1. The molecule has 2 fully saturated rings.